The van der Waals surface area contributed by atoms with E-state index in [1.54, 1.807) is 44.2 Å². The number of alkyl halides is 3. The van der Waals surface area contributed by atoms with Gasteiger partial charge >= 0.3 is 12.1 Å². The standard InChI is InChI=1S/C22H25F3O4/c1-14(2)13-27-21(15(3)4)29-19-12-16(10-11-18(19)22(23,24)25)20(26)28-17-8-6-5-7-9-17/h5-12,14-15,21H,13H2,1-4H3. The van der Waals surface area contributed by atoms with Crippen molar-refractivity contribution in [3.05, 3.63) is 59.7 Å². The van der Waals surface area contributed by atoms with Crippen LogP contribution in [0.4, 0.5) is 13.2 Å². The summed E-state index contributed by atoms with van der Waals surface area (Å²) in [6.45, 7) is 7.76. The van der Waals surface area contributed by atoms with Crippen molar-refractivity contribution in [2.75, 3.05) is 6.61 Å². The first-order valence-electron chi connectivity index (χ1n) is 9.34. The van der Waals surface area contributed by atoms with Crippen molar-refractivity contribution >= 4 is 5.97 Å². The van der Waals surface area contributed by atoms with Crippen molar-refractivity contribution in [1.29, 1.82) is 0 Å². The minimum absolute atomic E-state index is 0.0526. The van der Waals surface area contributed by atoms with Crippen LogP contribution in [0, 0.1) is 11.8 Å². The minimum atomic E-state index is -4.64. The molecule has 0 saturated carbocycles. The fraction of sp³-hybridized carbons (Fsp3) is 0.409. The van der Waals surface area contributed by atoms with Crippen LogP contribution in [0.1, 0.15) is 43.6 Å². The van der Waals surface area contributed by atoms with Crippen LogP contribution < -0.4 is 9.47 Å². The Morgan fingerprint density at radius 1 is 1.00 bits per heavy atom. The van der Waals surface area contributed by atoms with Gasteiger partial charge in [0.2, 0.25) is 6.29 Å². The summed E-state index contributed by atoms with van der Waals surface area (Å²) in [5.41, 5.74) is -1.03. The third kappa shape index (κ3) is 6.78. The fourth-order valence-corrected chi connectivity index (χ4v) is 2.41. The number of hydrogen-bond acceptors (Lipinski definition) is 4. The van der Waals surface area contributed by atoms with Crippen LogP contribution in [0.5, 0.6) is 11.5 Å². The van der Waals surface area contributed by atoms with E-state index >= 15 is 0 Å². The molecule has 0 saturated heterocycles. The maximum absolute atomic E-state index is 13.5. The molecule has 0 N–H and O–H groups in total. The van der Waals surface area contributed by atoms with Gasteiger partial charge in [-0.2, -0.15) is 13.2 Å². The zero-order chi connectivity index (χ0) is 21.6. The molecule has 1 unspecified atom stereocenters. The molecule has 0 aliphatic heterocycles. The Hall–Kier alpha value is -2.54. The van der Waals surface area contributed by atoms with E-state index in [9.17, 15) is 18.0 Å². The molecule has 7 heteroatoms. The highest BCUT2D eigenvalue weighted by Crippen LogP contribution is 2.38. The summed E-state index contributed by atoms with van der Waals surface area (Å²) in [7, 11) is 0. The number of halogens is 3. The number of carbonyl (C=O) groups excluding carboxylic acids is 1. The lowest BCUT2D eigenvalue weighted by atomic mass is 10.1. The monoisotopic (exact) mass is 410 g/mol. The third-order valence-corrected chi connectivity index (χ3v) is 3.86. The summed E-state index contributed by atoms with van der Waals surface area (Å²) >= 11 is 0. The molecule has 0 bridgehead atoms. The lowest BCUT2D eigenvalue weighted by Crippen LogP contribution is -2.29. The van der Waals surface area contributed by atoms with Crippen LogP contribution >= 0.6 is 0 Å². The van der Waals surface area contributed by atoms with E-state index in [4.69, 9.17) is 14.2 Å². The Morgan fingerprint density at radius 3 is 2.21 bits per heavy atom. The summed E-state index contributed by atoms with van der Waals surface area (Å²) in [4.78, 5) is 12.4. The summed E-state index contributed by atoms with van der Waals surface area (Å²) in [6.07, 6.45) is -5.53. The van der Waals surface area contributed by atoms with Gasteiger partial charge in [-0.1, -0.05) is 45.9 Å². The molecule has 1 atom stereocenters. The zero-order valence-electron chi connectivity index (χ0n) is 16.8. The number of para-hydroxylation sites is 1. The highest BCUT2D eigenvalue weighted by atomic mass is 19.4. The molecule has 0 aromatic heterocycles. The first kappa shape index (κ1) is 22.7. The van der Waals surface area contributed by atoms with Crippen molar-refractivity contribution in [3.63, 3.8) is 0 Å². The largest absolute Gasteiger partial charge is 0.464 e. The normalized spacial score (nSPS) is 12.9. The summed E-state index contributed by atoms with van der Waals surface area (Å²) in [6, 6.07) is 11.2. The number of carbonyl (C=O) groups is 1. The molecule has 4 nitrogen and oxygen atoms in total. The molecule has 158 valence electrons. The van der Waals surface area contributed by atoms with Crippen LogP contribution in [0.3, 0.4) is 0 Å². The van der Waals surface area contributed by atoms with Gasteiger partial charge in [-0.3, -0.25) is 0 Å². The molecule has 2 rings (SSSR count). The van der Waals surface area contributed by atoms with Gasteiger partial charge in [0.1, 0.15) is 11.5 Å². The highest BCUT2D eigenvalue weighted by Gasteiger charge is 2.36. The summed E-state index contributed by atoms with van der Waals surface area (Å²) in [5, 5.41) is 0. The molecule has 0 aliphatic carbocycles. The van der Waals surface area contributed by atoms with E-state index in [0.29, 0.717) is 12.4 Å². The predicted molar refractivity (Wildman–Crippen MR) is 103 cm³/mol. The average molecular weight is 410 g/mol. The highest BCUT2D eigenvalue weighted by molar-refractivity contribution is 5.91. The van der Waals surface area contributed by atoms with Crippen LogP contribution in [0.15, 0.2) is 48.5 Å². The lowest BCUT2D eigenvalue weighted by Gasteiger charge is -2.25. The number of hydrogen-bond donors (Lipinski definition) is 0. The van der Waals surface area contributed by atoms with Crippen molar-refractivity contribution < 1.29 is 32.2 Å². The summed E-state index contributed by atoms with van der Waals surface area (Å²) < 4.78 is 56.8. The quantitative estimate of drug-likeness (QED) is 0.306. The number of benzene rings is 2. The number of ether oxygens (including phenoxy) is 3. The molecule has 0 amide bonds. The molecule has 2 aromatic rings. The molecule has 0 heterocycles. The second-order valence-corrected chi connectivity index (χ2v) is 7.37. The van der Waals surface area contributed by atoms with E-state index in [1.807, 2.05) is 13.8 Å². The fourth-order valence-electron chi connectivity index (χ4n) is 2.41. The van der Waals surface area contributed by atoms with Crippen molar-refractivity contribution in [2.45, 2.75) is 40.2 Å². The number of esters is 1. The van der Waals surface area contributed by atoms with Crippen LogP contribution in [0.25, 0.3) is 0 Å². The Kier molecular flexibility index (Phi) is 7.67. The molecule has 0 fully saturated rings. The van der Waals surface area contributed by atoms with Gasteiger partial charge < -0.3 is 14.2 Å². The molecular formula is C22H25F3O4. The van der Waals surface area contributed by atoms with E-state index in [-0.39, 0.29) is 17.4 Å². The third-order valence-electron chi connectivity index (χ3n) is 3.86. The van der Waals surface area contributed by atoms with Gasteiger partial charge in [-0.15, -0.1) is 0 Å². The van der Waals surface area contributed by atoms with Gasteiger partial charge in [0.05, 0.1) is 17.7 Å². The second kappa shape index (κ2) is 9.78. The van der Waals surface area contributed by atoms with Gasteiger partial charge in [0.25, 0.3) is 0 Å². The van der Waals surface area contributed by atoms with Crippen molar-refractivity contribution in [3.8, 4) is 11.5 Å². The molecule has 2 aromatic carbocycles. The molecular weight excluding hydrogens is 385 g/mol. The minimum Gasteiger partial charge on any atom is -0.464 e. The lowest BCUT2D eigenvalue weighted by molar-refractivity contribution is -0.146. The van der Waals surface area contributed by atoms with Gasteiger partial charge in [0, 0.05) is 5.92 Å². The number of rotatable bonds is 8. The Balaban J connectivity index is 2.31. The van der Waals surface area contributed by atoms with E-state index in [2.05, 4.69) is 0 Å². The van der Waals surface area contributed by atoms with E-state index in [0.717, 1.165) is 18.2 Å². The van der Waals surface area contributed by atoms with Crippen molar-refractivity contribution in [2.24, 2.45) is 11.8 Å². The first-order valence-corrected chi connectivity index (χ1v) is 9.34. The van der Waals surface area contributed by atoms with Crippen molar-refractivity contribution in [1.82, 2.24) is 0 Å². The van der Waals surface area contributed by atoms with Gasteiger partial charge in [-0.25, -0.2) is 4.79 Å². The maximum Gasteiger partial charge on any atom is 0.419 e. The van der Waals surface area contributed by atoms with Crippen LogP contribution in [0.2, 0.25) is 0 Å². The first-order chi connectivity index (χ1) is 13.6. The van der Waals surface area contributed by atoms with Gasteiger partial charge in [0.15, 0.2) is 0 Å². The SMILES string of the molecule is CC(C)COC(Oc1cc(C(=O)Oc2ccccc2)ccc1C(F)(F)F)C(C)C. The van der Waals surface area contributed by atoms with E-state index in [1.165, 1.54) is 0 Å². The smallest absolute Gasteiger partial charge is 0.419 e. The van der Waals surface area contributed by atoms with Gasteiger partial charge in [-0.05, 0) is 36.2 Å². The maximum atomic E-state index is 13.5. The summed E-state index contributed by atoms with van der Waals surface area (Å²) in [5.74, 6) is -0.967. The Labute approximate surface area is 168 Å². The molecule has 0 aliphatic rings. The van der Waals surface area contributed by atoms with Crippen LogP contribution in [-0.2, 0) is 10.9 Å². The van der Waals surface area contributed by atoms with Crippen LogP contribution in [-0.4, -0.2) is 18.9 Å². The zero-order valence-corrected chi connectivity index (χ0v) is 16.8. The van der Waals surface area contributed by atoms with E-state index < -0.39 is 29.7 Å². The Bertz CT molecular complexity index is 801. The second-order valence-electron chi connectivity index (χ2n) is 7.37. The Morgan fingerprint density at radius 2 is 1.66 bits per heavy atom. The molecule has 0 radical (unpaired) electrons. The topological polar surface area (TPSA) is 44.8 Å². The molecule has 29 heavy (non-hydrogen) atoms. The molecule has 0 spiro atoms. The average Bonchev–Trinajstić information content (AvgIpc) is 2.64. The predicted octanol–water partition coefficient (Wildman–Crippen LogP) is 5.96.